The Bertz CT molecular complexity index is 338. The largest absolute Gasteiger partial charge is 0.416 e. The molecular formula is C11H12F3N. The molecule has 0 aromatic heterocycles. The fourth-order valence-electron chi connectivity index (χ4n) is 1.62. The molecule has 1 aliphatic rings. The first kappa shape index (κ1) is 10.5. The molecule has 1 aromatic carbocycles. The second-order valence-electron chi connectivity index (χ2n) is 3.98. The Balaban J connectivity index is 2.16. The lowest BCUT2D eigenvalue weighted by molar-refractivity contribution is -0.137. The molecule has 82 valence electrons. The van der Waals surface area contributed by atoms with Gasteiger partial charge in [0.1, 0.15) is 0 Å². The number of nitrogens with two attached hydrogens (primary N) is 1. The van der Waals surface area contributed by atoms with Gasteiger partial charge in [-0.15, -0.1) is 0 Å². The molecule has 15 heavy (non-hydrogen) atoms. The minimum Gasteiger partial charge on any atom is -0.324 e. The van der Waals surface area contributed by atoms with Crippen LogP contribution in [0, 0.1) is 5.92 Å². The van der Waals surface area contributed by atoms with E-state index in [0.29, 0.717) is 5.92 Å². The molecule has 2 N–H and O–H groups in total. The number of rotatable bonds is 2. The van der Waals surface area contributed by atoms with Gasteiger partial charge in [0.15, 0.2) is 0 Å². The molecule has 0 radical (unpaired) electrons. The van der Waals surface area contributed by atoms with E-state index in [1.807, 2.05) is 0 Å². The van der Waals surface area contributed by atoms with Gasteiger partial charge in [-0.05, 0) is 36.5 Å². The van der Waals surface area contributed by atoms with Crippen molar-refractivity contribution in [1.82, 2.24) is 0 Å². The van der Waals surface area contributed by atoms with Crippen LogP contribution in [0.2, 0.25) is 0 Å². The molecule has 0 spiro atoms. The van der Waals surface area contributed by atoms with Crippen LogP contribution in [0.1, 0.15) is 30.0 Å². The summed E-state index contributed by atoms with van der Waals surface area (Å²) >= 11 is 0. The van der Waals surface area contributed by atoms with Crippen LogP contribution in [0.15, 0.2) is 24.3 Å². The monoisotopic (exact) mass is 215 g/mol. The quantitative estimate of drug-likeness (QED) is 0.805. The molecule has 0 heterocycles. The molecule has 0 aliphatic heterocycles. The van der Waals surface area contributed by atoms with E-state index in [9.17, 15) is 13.2 Å². The Morgan fingerprint density at radius 1 is 1.13 bits per heavy atom. The van der Waals surface area contributed by atoms with Crippen LogP contribution in [0.25, 0.3) is 0 Å². The third kappa shape index (κ3) is 2.31. The molecule has 1 unspecified atom stereocenters. The third-order valence-electron chi connectivity index (χ3n) is 2.75. The van der Waals surface area contributed by atoms with Crippen molar-refractivity contribution in [3.63, 3.8) is 0 Å². The lowest BCUT2D eigenvalue weighted by Gasteiger charge is -2.12. The highest BCUT2D eigenvalue weighted by Crippen LogP contribution is 2.40. The fraction of sp³-hybridized carbons (Fsp3) is 0.455. The average molecular weight is 215 g/mol. The van der Waals surface area contributed by atoms with Crippen molar-refractivity contribution in [2.24, 2.45) is 11.7 Å². The summed E-state index contributed by atoms with van der Waals surface area (Å²) in [5.74, 6) is 0.460. The lowest BCUT2D eigenvalue weighted by atomic mass is 10.0. The second kappa shape index (κ2) is 3.52. The van der Waals surface area contributed by atoms with Crippen molar-refractivity contribution >= 4 is 0 Å². The topological polar surface area (TPSA) is 26.0 Å². The average Bonchev–Trinajstić information content (AvgIpc) is 2.99. The lowest BCUT2D eigenvalue weighted by Crippen LogP contribution is -2.13. The Morgan fingerprint density at radius 2 is 1.67 bits per heavy atom. The third-order valence-corrected chi connectivity index (χ3v) is 2.75. The summed E-state index contributed by atoms with van der Waals surface area (Å²) in [6.07, 6.45) is -2.09. The molecular weight excluding hydrogens is 203 g/mol. The molecule has 1 atom stereocenters. The van der Waals surface area contributed by atoms with E-state index >= 15 is 0 Å². The van der Waals surface area contributed by atoms with Gasteiger partial charge in [-0.1, -0.05) is 12.1 Å². The first-order valence-corrected chi connectivity index (χ1v) is 4.91. The molecule has 1 saturated carbocycles. The molecule has 0 bridgehead atoms. The van der Waals surface area contributed by atoms with E-state index in [2.05, 4.69) is 0 Å². The molecule has 1 aliphatic carbocycles. The van der Waals surface area contributed by atoms with Crippen LogP contribution in [0.5, 0.6) is 0 Å². The van der Waals surface area contributed by atoms with Crippen molar-refractivity contribution in [2.45, 2.75) is 25.1 Å². The van der Waals surface area contributed by atoms with Gasteiger partial charge >= 0.3 is 6.18 Å². The Morgan fingerprint density at radius 3 is 2.07 bits per heavy atom. The van der Waals surface area contributed by atoms with Gasteiger partial charge in [-0.25, -0.2) is 0 Å². The highest BCUT2D eigenvalue weighted by Gasteiger charge is 2.32. The van der Waals surface area contributed by atoms with Crippen LogP contribution in [-0.2, 0) is 6.18 Å². The van der Waals surface area contributed by atoms with Crippen LogP contribution in [0.3, 0.4) is 0 Å². The van der Waals surface area contributed by atoms with Crippen molar-refractivity contribution in [2.75, 3.05) is 0 Å². The molecule has 2 rings (SSSR count). The number of alkyl halides is 3. The summed E-state index contributed by atoms with van der Waals surface area (Å²) in [7, 11) is 0. The summed E-state index contributed by atoms with van der Waals surface area (Å²) in [4.78, 5) is 0. The van der Waals surface area contributed by atoms with Crippen LogP contribution in [0.4, 0.5) is 13.2 Å². The van der Waals surface area contributed by atoms with E-state index in [4.69, 9.17) is 5.73 Å². The highest BCUT2D eigenvalue weighted by molar-refractivity contribution is 5.27. The summed E-state index contributed by atoms with van der Waals surface area (Å²) < 4.78 is 36.8. The Labute approximate surface area is 86.1 Å². The van der Waals surface area contributed by atoms with Gasteiger partial charge in [-0.2, -0.15) is 13.2 Å². The van der Waals surface area contributed by atoms with Crippen LogP contribution >= 0.6 is 0 Å². The first-order chi connectivity index (χ1) is 6.98. The number of halogens is 3. The minimum absolute atomic E-state index is 0.104. The van der Waals surface area contributed by atoms with Gasteiger partial charge in [0.25, 0.3) is 0 Å². The van der Waals surface area contributed by atoms with Crippen LogP contribution in [-0.4, -0.2) is 0 Å². The van der Waals surface area contributed by atoms with Crippen molar-refractivity contribution in [1.29, 1.82) is 0 Å². The smallest absolute Gasteiger partial charge is 0.324 e. The maximum Gasteiger partial charge on any atom is 0.416 e. The van der Waals surface area contributed by atoms with Gasteiger partial charge in [0, 0.05) is 6.04 Å². The Kier molecular flexibility index (Phi) is 2.46. The Hall–Kier alpha value is -1.03. The maximum absolute atomic E-state index is 12.3. The van der Waals surface area contributed by atoms with Gasteiger partial charge in [0.05, 0.1) is 5.56 Å². The SMILES string of the molecule is NC(c1ccc(C(F)(F)F)cc1)C1CC1. The zero-order chi connectivity index (χ0) is 11.1. The summed E-state index contributed by atoms with van der Waals surface area (Å²) in [6.45, 7) is 0. The van der Waals surface area contributed by atoms with Crippen molar-refractivity contribution in [3.8, 4) is 0 Å². The van der Waals surface area contributed by atoms with E-state index in [1.165, 1.54) is 12.1 Å². The van der Waals surface area contributed by atoms with Crippen molar-refractivity contribution < 1.29 is 13.2 Å². The zero-order valence-electron chi connectivity index (χ0n) is 8.09. The predicted molar refractivity (Wildman–Crippen MR) is 51.1 cm³/mol. The molecule has 4 heteroatoms. The van der Waals surface area contributed by atoms with Gasteiger partial charge < -0.3 is 5.73 Å². The summed E-state index contributed by atoms with van der Waals surface area (Å²) in [5.41, 5.74) is 6.06. The maximum atomic E-state index is 12.3. The number of benzene rings is 1. The second-order valence-corrected chi connectivity index (χ2v) is 3.98. The van der Waals surface area contributed by atoms with Gasteiger partial charge in [0.2, 0.25) is 0 Å². The number of hydrogen-bond donors (Lipinski definition) is 1. The number of hydrogen-bond acceptors (Lipinski definition) is 1. The predicted octanol–water partition coefficient (Wildman–Crippen LogP) is 3.12. The van der Waals surface area contributed by atoms with E-state index < -0.39 is 11.7 Å². The van der Waals surface area contributed by atoms with Crippen LogP contribution < -0.4 is 5.73 Å². The normalized spacial score (nSPS) is 18.9. The first-order valence-electron chi connectivity index (χ1n) is 4.91. The minimum atomic E-state index is -4.26. The van der Waals surface area contributed by atoms with Crippen molar-refractivity contribution in [3.05, 3.63) is 35.4 Å². The summed E-state index contributed by atoms with van der Waals surface area (Å²) in [6, 6.07) is 5.04. The van der Waals surface area contributed by atoms with E-state index in [-0.39, 0.29) is 6.04 Å². The van der Waals surface area contributed by atoms with Gasteiger partial charge in [-0.3, -0.25) is 0 Å². The summed E-state index contributed by atoms with van der Waals surface area (Å²) in [5, 5.41) is 0. The molecule has 1 aromatic rings. The molecule has 1 nitrogen and oxygen atoms in total. The molecule has 0 saturated heterocycles. The highest BCUT2D eigenvalue weighted by atomic mass is 19.4. The molecule has 0 amide bonds. The van der Waals surface area contributed by atoms with E-state index in [0.717, 1.165) is 30.5 Å². The fourth-order valence-corrected chi connectivity index (χ4v) is 1.62. The van der Waals surface area contributed by atoms with E-state index in [1.54, 1.807) is 0 Å². The molecule has 1 fully saturated rings. The zero-order valence-corrected chi connectivity index (χ0v) is 8.09. The standard InChI is InChI=1S/C11H12F3N/c12-11(13,14)9-5-3-8(4-6-9)10(15)7-1-2-7/h3-7,10H,1-2,15H2.